The molecule has 1 aromatic rings. The smallest absolute Gasteiger partial charge is 0.0922 e. The number of nitrogens with zero attached hydrogens (tertiary/aromatic N) is 1. The third-order valence-electron chi connectivity index (χ3n) is 1.76. The quantitative estimate of drug-likeness (QED) is 0.715. The molecule has 13 heavy (non-hydrogen) atoms. The molecule has 1 aliphatic heterocycles. The summed E-state index contributed by atoms with van der Waals surface area (Å²) in [6.45, 7) is 0. The molecule has 68 valence electrons. The van der Waals surface area contributed by atoms with Crippen LogP contribution in [-0.2, 0) is 0 Å². The van der Waals surface area contributed by atoms with Crippen LogP contribution in [0.4, 0.5) is 5.69 Å². The van der Waals surface area contributed by atoms with Crippen molar-refractivity contribution in [3.63, 3.8) is 0 Å². The lowest BCUT2D eigenvalue weighted by molar-refractivity contribution is 1.17. The zero-order valence-corrected chi connectivity index (χ0v) is 10.7. The van der Waals surface area contributed by atoms with Gasteiger partial charge in [-0.3, -0.25) is 0 Å². The molecular weight excluding hydrogens is 314 g/mol. The third kappa shape index (κ3) is 2.11. The molecule has 2 rings (SSSR count). The highest BCUT2D eigenvalue weighted by molar-refractivity contribution is 9.12. The van der Waals surface area contributed by atoms with Crippen LogP contribution in [0, 0.1) is 0 Å². The fourth-order valence-electron chi connectivity index (χ4n) is 1.15. The van der Waals surface area contributed by atoms with Crippen LogP contribution >= 0.6 is 43.6 Å². The van der Waals surface area contributed by atoms with Crippen molar-refractivity contribution in [2.75, 3.05) is 10.8 Å². The van der Waals surface area contributed by atoms with E-state index in [4.69, 9.17) is 0 Å². The molecule has 1 aliphatic rings. The molecule has 0 aliphatic carbocycles. The number of hydrogen-bond donors (Lipinski definition) is 0. The number of benzene rings is 1. The Labute approximate surface area is 98.4 Å². The summed E-state index contributed by atoms with van der Waals surface area (Å²) >= 11 is 8.77. The molecular formula is C9H7Br2NS. The fraction of sp³-hybridized carbons (Fsp3) is 0.111. The van der Waals surface area contributed by atoms with Crippen LogP contribution in [0.2, 0.25) is 0 Å². The molecule has 1 nitrogen and oxygen atoms in total. The molecule has 0 bridgehead atoms. The standard InChI is InChI=1S/C9H7Br2NS/c10-7-2-1-3-8(4-7)12-6-13-5-9(12)11/h1-5H,6H2. The van der Waals surface area contributed by atoms with Crippen LogP contribution < -0.4 is 4.90 Å². The number of anilines is 1. The lowest BCUT2D eigenvalue weighted by atomic mass is 10.3. The first-order chi connectivity index (χ1) is 6.27. The Hall–Kier alpha value is 0.0700. The predicted octanol–water partition coefficient (Wildman–Crippen LogP) is 4.15. The van der Waals surface area contributed by atoms with Crippen LogP contribution in [0.25, 0.3) is 0 Å². The van der Waals surface area contributed by atoms with Crippen molar-refractivity contribution < 1.29 is 0 Å². The van der Waals surface area contributed by atoms with Gasteiger partial charge in [0.2, 0.25) is 0 Å². The normalized spacial score (nSPS) is 16.2. The third-order valence-corrected chi connectivity index (χ3v) is 4.01. The lowest BCUT2D eigenvalue weighted by Gasteiger charge is -2.17. The maximum Gasteiger partial charge on any atom is 0.0922 e. The SMILES string of the molecule is BrC1=CSCN1c1cccc(Br)c1. The molecule has 0 aromatic heterocycles. The van der Waals surface area contributed by atoms with Gasteiger partial charge in [-0.2, -0.15) is 0 Å². The summed E-state index contributed by atoms with van der Waals surface area (Å²) in [5, 5.41) is 2.11. The van der Waals surface area contributed by atoms with Crippen molar-refractivity contribution in [1.29, 1.82) is 0 Å². The van der Waals surface area contributed by atoms with Crippen LogP contribution in [0.15, 0.2) is 38.8 Å². The highest BCUT2D eigenvalue weighted by Crippen LogP contribution is 2.33. The minimum absolute atomic E-state index is 0.983. The van der Waals surface area contributed by atoms with Gasteiger partial charge in [0.15, 0.2) is 0 Å². The predicted molar refractivity (Wildman–Crippen MR) is 66.1 cm³/mol. The van der Waals surface area contributed by atoms with Crippen molar-refractivity contribution in [2.24, 2.45) is 0 Å². The molecule has 0 saturated carbocycles. The second-order valence-electron chi connectivity index (χ2n) is 2.64. The van der Waals surface area contributed by atoms with Gasteiger partial charge in [0.05, 0.1) is 10.5 Å². The molecule has 4 heteroatoms. The van der Waals surface area contributed by atoms with Gasteiger partial charge in [-0.15, -0.1) is 11.8 Å². The Morgan fingerprint density at radius 3 is 2.77 bits per heavy atom. The summed E-state index contributed by atoms with van der Waals surface area (Å²) < 4.78 is 2.25. The summed E-state index contributed by atoms with van der Waals surface area (Å²) in [5.41, 5.74) is 1.21. The second kappa shape index (κ2) is 4.07. The van der Waals surface area contributed by atoms with Crippen molar-refractivity contribution >= 4 is 49.3 Å². The molecule has 1 aromatic carbocycles. The van der Waals surface area contributed by atoms with Crippen molar-refractivity contribution in [1.82, 2.24) is 0 Å². The summed E-state index contributed by atoms with van der Waals surface area (Å²) in [4.78, 5) is 2.22. The van der Waals surface area contributed by atoms with Crippen LogP contribution in [0.1, 0.15) is 0 Å². The molecule has 0 unspecified atom stereocenters. The first kappa shape index (κ1) is 9.62. The highest BCUT2D eigenvalue weighted by Gasteiger charge is 2.14. The van der Waals surface area contributed by atoms with Gasteiger partial charge >= 0.3 is 0 Å². The number of hydrogen-bond acceptors (Lipinski definition) is 2. The second-order valence-corrected chi connectivity index (χ2v) is 5.20. The van der Waals surface area contributed by atoms with Crippen molar-refractivity contribution in [3.8, 4) is 0 Å². The molecule has 0 fully saturated rings. The van der Waals surface area contributed by atoms with Gasteiger partial charge in [0, 0.05) is 15.6 Å². The van der Waals surface area contributed by atoms with Crippen molar-refractivity contribution in [3.05, 3.63) is 38.8 Å². The van der Waals surface area contributed by atoms with E-state index >= 15 is 0 Å². The zero-order chi connectivity index (χ0) is 9.26. The zero-order valence-electron chi connectivity index (χ0n) is 6.71. The van der Waals surface area contributed by atoms with E-state index in [1.807, 2.05) is 12.1 Å². The van der Waals surface area contributed by atoms with Gasteiger partial charge in [0.25, 0.3) is 0 Å². The molecule has 0 spiro atoms. The molecule has 0 N–H and O–H groups in total. The first-order valence-corrected chi connectivity index (χ1v) is 6.41. The molecule has 0 radical (unpaired) electrons. The van der Waals surface area contributed by atoms with Crippen molar-refractivity contribution in [2.45, 2.75) is 0 Å². The maximum atomic E-state index is 3.52. The van der Waals surface area contributed by atoms with Gasteiger partial charge < -0.3 is 4.90 Å². The molecule has 0 saturated heterocycles. The minimum atomic E-state index is 0.983. The number of rotatable bonds is 1. The number of halogens is 2. The molecule has 0 atom stereocenters. The Morgan fingerprint density at radius 2 is 2.15 bits per heavy atom. The van der Waals surface area contributed by atoms with E-state index in [1.54, 1.807) is 11.8 Å². The lowest BCUT2D eigenvalue weighted by Crippen LogP contribution is -2.13. The van der Waals surface area contributed by atoms with E-state index in [0.29, 0.717) is 0 Å². The summed E-state index contributed by atoms with van der Waals surface area (Å²) in [7, 11) is 0. The van der Waals surface area contributed by atoms with Crippen LogP contribution in [0.3, 0.4) is 0 Å². The Kier molecular flexibility index (Phi) is 3.01. The van der Waals surface area contributed by atoms with E-state index in [1.165, 1.54) is 5.69 Å². The average molecular weight is 321 g/mol. The van der Waals surface area contributed by atoms with E-state index < -0.39 is 0 Å². The van der Waals surface area contributed by atoms with Gasteiger partial charge in [-0.05, 0) is 34.1 Å². The summed E-state index contributed by atoms with van der Waals surface area (Å²) in [5.74, 6) is 0.983. The van der Waals surface area contributed by atoms with E-state index in [0.717, 1.165) is 15.0 Å². The Morgan fingerprint density at radius 1 is 1.31 bits per heavy atom. The van der Waals surface area contributed by atoms with Gasteiger partial charge in [0.1, 0.15) is 0 Å². The highest BCUT2D eigenvalue weighted by atomic mass is 79.9. The fourth-order valence-corrected chi connectivity index (χ4v) is 3.20. The van der Waals surface area contributed by atoms with E-state index in [9.17, 15) is 0 Å². The first-order valence-electron chi connectivity index (χ1n) is 3.78. The summed E-state index contributed by atoms with van der Waals surface area (Å²) in [6, 6.07) is 8.29. The van der Waals surface area contributed by atoms with Gasteiger partial charge in [-0.25, -0.2) is 0 Å². The van der Waals surface area contributed by atoms with Crippen LogP contribution in [0.5, 0.6) is 0 Å². The van der Waals surface area contributed by atoms with E-state index in [2.05, 4.69) is 54.3 Å². The Bertz CT molecular complexity index is 351. The van der Waals surface area contributed by atoms with Crippen LogP contribution in [-0.4, -0.2) is 5.88 Å². The van der Waals surface area contributed by atoms with Gasteiger partial charge in [-0.1, -0.05) is 22.0 Å². The maximum absolute atomic E-state index is 3.52. The Balaban J connectivity index is 2.30. The number of thioether (sulfide) groups is 1. The average Bonchev–Trinajstić information content (AvgIpc) is 2.51. The largest absolute Gasteiger partial charge is 0.325 e. The minimum Gasteiger partial charge on any atom is -0.325 e. The monoisotopic (exact) mass is 319 g/mol. The molecule has 1 heterocycles. The summed E-state index contributed by atoms with van der Waals surface area (Å²) in [6.07, 6.45) is 0. The molecule has 0 amide bonds. The van der Waals surface area contributed by atoms with E-state index in [-0.39, 0.29) is 0 Å². The topological polar surface area (TPSA) is 3.24 Å².